The number of nitrogens with one attached hydrogen (secondary N) is 1. The molecule has 3 N–H and O–H groups in total. The number of nitrogens with two attached hydrogens (primary N) is 1. The number of carbonyl (C=O) groups is 1. The van der Waals surface area contributed by atoms with Crippen molar-refractivity contribution >= 4 is 5.91 Å². The van der Waals surface area contributed by atoms with E-state index in [9.17, 15) is 9.18 Å². The molecule has 2 unspecified atom stereocenters. The van der Waals surface area contributed by atoms with E-state index < -0.39 is 0 Å². The van der Waals surface area contributed by atoms with Crippen molar-refractivity contribution in [1.29, 1.82) is 0 Å². The number of para-hydroxylation sites is 1. The fourth-order valence-corrected chi connectivity index (χ4v) is 2.93. The molecule has 0 radical (unpaired) electrons. The standard InChI is InChI=1S/C18H19FN2O2/c1-23-17-5-3-2-4-13(17)16(20)10-21-18(22)15-8-11-6-7-12(19)9-14(11)15/h2-7,9,15-16H,8,10,20H2,1H3,(H,21,22). The molecule has 0 heterocycles. The highest BCUT2D eigenvalue weighted by molar-refractivity contribution is 5.86. The smallest absolute Gasteiger partial charge is 0.227 e. The Bertz CT molecular complexity index is 733. The van der Waals surface area contributed by atoms with Gasteiger partial charge in [0.25, 0.3) is 0 Å². The van der Waals surface area contributed by atoms with Crippen molar-refractivity contribution in [1.82, 2.24) is 5.32 Å². The Hall–Kier alpha value is -2.40. The number of fused-ring (bicyclic) bond motifs is 1. The highest BCUT2D eigenvalue weighted by atomic mass is 19.1. The number of hydrogen-bond acceptors (Lipinski definition) is 3. The van der Waals surface area contributed by atoms with E-state index in [1.807, 2.05) is 24.3 Å². The molecule has 1 aliphatic carbocycles. The van der Waals surface area contributed by atoms with E-state index in [0.29, 0.717) is 18.7 Å². The summed E-state index contributed by atoms with van der Waals surface area (Å²) in [5, 5.41) is 2.85. The summed E-state index contributed by atoms with van der Waals surface area (Å²) in [4.78, 5) is 12.3. The first-order valence-electron chi connectivity index (χ1n) is 7.54. The SMILES string of the molecule is COc1ccccc1C(N)CNC(=O)C1Cc2ccc(F)cc21. The highest BCUT2D eigenvalue weighted by Crippen LogP contribution is 2.35. The zero-order valence-corrected chi connectivity index (χ0v) is 12.9. The van der Waals surface area contributed by atoms with Crippen LogP contribution in [0.25, 0.3) is 0 Å². The number of amides is 1. The number of rotatable bonds is 5. The Kier molecular flexibility index (Phi) is 4.30. The summed E-state index contributed by atoms with van der Waals surface area (Å²) >= 11 is 0. The van der Waals surface area contributed by atoms with E-state index >= 15 is 0 Å². The van der Waals surface area contributed by atoms with E-state index in [1.165, 1.54) is 12.1 Å². The zero-order chi connectivity index (χ0) is 16.4. The van der Waals surface area contributed by atoms with Gasteiger partial charge in [-0.05, 0) is 35.7 Å². The van der Waals surface area contributed by atoms with Gasteiger partial charge >= 0.3 is 0 Å². The van der Waals surface area contributed by atoms with Crippen LogP contribution in [0.2, 0.25) is 0 Å². The Morgan fingerprint density at radius 1 is 1.39 bits per heavy atom. The largest absolute Gasteiger partial charge is 0.496 e. The summed E-state index contributed by atoms with van der Waals surface area (Å²) in [5.74, 6) is -0.0173. The number of benzene rings is 2. The summed E-state index contributed by atoms with van der Waals surface area (Å²) in [7, 11) is 1.59. The highest BCUT2D eigenvalue weighted by Gasteiger charge is 2.32. The lowest BCUT2D eigenvalue weighted by molar-refractivity contribution is -0.123. The van der Waals surface area contributed by atoms with Crippen LogP contribution in [-0.2, 0) is 11.2 Å². The lowest BCUT2D eigenvalue weighted by Gasteiger charge is -2.29. The second kappa shape index (κ2) is 6.38. The van der Waals surface area contributed by atoms with Crippen molar-refractivity contribution in [2.24, 2.45) is 5.73 Å². The molecule has 1 amide bonds. The van der Waals surface area contributed by atoms with Crippen LogP contribution in [0.3, 0.4) is 0 Å². The fourth-order valence-electron chi connectivity index (χ4n) is 2.93. The molecule has 2 aromatic rings. The molecular weight excluding hydrogens is 295 g/mol. The van der Waals surface area contributed by atoms with Crippen molar-refractivity contribution in [3.05, 3.63) is 65.0 Å². The molecule has 0 aliphatic heterocycles. The predicted octanol–water partition coefficient (Wildman–Crippen LogP) is 2.29. The maximum atomic E-state index is 13.3. The molecule has 23 heavy (non-hydrogen) atoms. The quantitative estimate of drug-likeness (QED) is 0.890. The number of hydrogen-bond donors (Lipinski definition) is 2. The van der Waals surface area contributed by atoms with E-state index in [4.69, 9.17) is 10.5 Å². The minimum atomic E-state index is -0.359. The van der Waals surface area contributed by atoms with E-state index in [2.05, 4.69) is 5.32 Å². The number of methoxy groups -OCH3 is 1. The molecule has 0 saturated carbocycles. The Morgan fingerprint density at radius 3 is 2.96 bits per heavy atom. The topological polar surface area (TPSA) is 64.3 Å². The molecular formula is C18H19FN2O2. The lowest BCUT2D eigenvalue weighted by atomic mass is 9.77. The van der Waals surface area contributed by atoms with Gasteiger partial charge in [0, 0.05) is 12.1 Å². The molecule has 2 atom stereocenters. The third-order valence-electron chi connectivity index (χ3n) is 4.26. The lowest BCUT2D eigenvalue weighted by Crippen LogP contribution is -2.39. The third-order valence-corrected chi connectivity index (χ3v) is 4.26. The minimum Gasteiger partial charge on any atom is -0.496 e. The average molecular weight is 314 g/mol. The molecule has 0 aromatic heterocycles. The van der Waals surface area contributed by atoms with Gasteiger partial charge in [0.15, 0.2) is 0 Å². The van der Waals surface area contributed by atoms with Gasteiger partial charge in [-0.2, -0.15) is 0 Å². The summed E-state index contributed by atoms with van der Waals surface area (Å²) < 4.78 is 18.5. The monoisotopic (exact) mass is 314 g/mol. The van der Waals surface area contributed by atoms with E-state index in [-0.39, 0.29) is 23.7 Å². The average Bonchev–Trinajstić information content (AvgIpc) is 2.55. The molecule has 2 aromatic carbocycles. The van der Waals surface area contributed by atoms with Crippen molar-refractivity contribution in [3.8, 4) is 5.75 Å². The van der Waals surface area contributed by atoms with Gasteiger partial charge in [-0.15, -0.1) is 0 Å². The fraction of sp³-hybridized carbons (Fsp3) is 0.278. The number of halogens is 1. The molecule has 1 aliphatic rings. The van der Waals surface area contributed by atoms with Gasteiger partial charge in [0.1, 0.15) is 11.6 Å². The van der Waals surface area contributed by atoms with Crippen molar-refractivity contribution < 1.29 is 13.9 Å². The van der Waals surface area contributed by atoms with Gasteiger partial charge < -0.3 is 15.8 Å². The first kappa shape index (κ1) is 15.5. The third kappa shape index (κ3) is 3.05. The Labute approximate surface area is 134 Å². The van der Waals surface area contributed by atoms with Crippen LogP contribution in [-0.4, -0.2) is 19.6 Å². The second-order valence-corrected chi connectivity index (χ2v) is 5.69. The molecule has 4 nitrogen and oxygen atoms in total. The van der Waals surface area contributed by atoms with Crippen LogP contribution >= 0.6 is 0 Å². The molecule has 0 spiro atoms. The van der Waals surface area contributed by atoms with Gasteiger partial charge in [-0.3, -0.25) is 4.79 Å². The number of ether oxygens (including phenoxy) is 1. The van der Waals surface area contributed by atoms with Crippen LogP contribution in [0.5, 0.6) is 5.75 Å². The maximum absolute atomic E-state index is 13.3. The molecule has 120 valence electrons. The van der Waals surface area contributed by atoms with Crippen LogP contribution in [0.1, 0.15) is 28.7 Å². The van der Waals surface area contributed by atoms with Gasteiger partial charge in [-0.25, -0.2) is 4.39 Å². The molecule has 0 saturated heterocycles. The van der Waals surface area contributed by atoms with Crippen LogP contribution in [0, 0.1) is 5.82 Å². The molecule has 3 rings (SSSR count). The van der Waals surface area contributed by atoms with Crippen LogP contribution in [0.4, 0.5) is 4.39 Å². The summed E-state index contributed by atoms with van der Waals surface area (Å²) in [6, 6.07) is 11.7. The van der Waals surface area contributed by atoms with Crippen molar-refractivity contribution in [2.45, 2.75) is 18.4 Å². The maximum Gasteiger partial charge on any atom is 0.227 e. The summed E-state index contributed by atoms with van der Waals surface area (Å²) in [5.41, 5.74) is 8.79. The van der Waals surface area contributed by atoms with E-state index in [1.54, 1.807) is 13.2 Å². The van der Waals surface area contributed by atoms with Crippen LogP contribution < -0.4 is 15.8 Å². The molecule has 0 fully saturated rings. The van der Waals surface area contributed by atoms with Crippen molar-refractivity contribution in [2.75, 3.05) is 13.7 Å². The number of carbonyl (C=O) groups excluding carboxylic acids is 1. The molecule has 0 bridgehead atoms. The van der Waals surface area contributed by atoms with Crippen LogP contribution in [0.15, 0.2) is 42.5 Å². The predicted molar refractivity (Wildman–Crippen MR) is 85.8 cm³/mol. The second-order valence-electron chi connectivity index (χ2n) is 5.69. The van der Waals surface area contributed by atoms with Crippen molar-refractivity contribution in [3.63, 3.8) is 0 Å². The van der Waals surface area contributed by atoms with E-state index in [0.717, 1.165) is 16.7 Å². The summed E-state index contributed by atoms with van der Waals surface area (Å²) in [6.45, 7) is 0.306. The van der Waals surface area contributed by atoms with Gasteiger partial charge in [0.2, 0.25) is 5.91 Å². The van der Waals surface area contributed by atoms with Gasteiger partial charge in [0.05, 0.1) is 19.1 Å². The summed E-state index contributed by atoms with van der Waals surface area (Å²) in [6.07, 6.45) is 0.644. The normalized spacial score (nSPS) is 16.9. The first-order chi connectivity index (χ1) is 11.1. The first-order valence-corrected chi connectivity index (χ1v) is 7.54. The zero-order valence-electron chi connectivity index (χ0n) is 12.9. The Morgan fingerprint density at radius 2 is 2.17 bits per heavy atom. The Balaban J connectivity index is 1.62. The van der Waals surface area contributed by atoms with Gasteiger partial charge in [-0.1, -0.05) is 24.3 Å². The minimum absolute atomic E-state index is 0.117. The molecule has 5 heteroatoms.